The molecule has 0 heterocycles. The molecule has 1 heteroatoms. The van der Waals surface area contributed by atoms with Gasteiger partial charge in [0.25, 0.3) is 0 Å². The Balaban J connectivity index is 3.07. The van der Waals surface area contributed by atoms with Gasteiger partial charge in [0.05, 0.1) is 0 Å². The monoisotopic (exact) mass is 259 g/mol. The van der Waals surface area contributed by atoms with Gasteiger partial charge in [-0.15, -0.1) is 6.58 Å². The highest BCUT2D eigenvalue weighted by atomic mass is 14.9. The number of rotatable bonds is 5. The van der Waals surface area contributed by atoms with Gasteiger partial charge in [0.2, 0.25) is 0 Å². The number of nitrogens with one attached hydrogen (secondary N) is 1. The standard InChI is InChI=1S/C18H29N/c1-8-16(19-9-2)12-17-13(3)10-15(11-14(17)4)18(5,6)7/h8,10-11,16,19H,1,9,12H2,2-7H3. The van der Waals surface area contributed by atoms with Crippen LogP contribution in [-0.2, 0) is 11.8 Å². The van der Waals surface area contributed by atoms with Crippen molar-refractivity contribution in [2.45, 2.75) is 59.4 Å². The highest BCUT2D eigenvalue weighted by Crippen LogP contribution is 2.27. The molecule has 1 aromatic rings. The van der Waals surface area contributed by atoms with Crippen LogP contribution in [0.2, 0.25) is 0 Å². The van der Waals surface area contributed by atoms with Gasteiger partial charge in [-0.05, 0) is 54.5 Å². The molecule has 1 unspecified atom stereocenters. The summed E-state index contributed by atoms with van der Waals surface area (Å²) in [5, 5.41) is 3.46. The van der Waals surface area contributed by atoms with Crippen molar-refractivity contribution >= 4 is 0 Å². The molecule has 0 spiro atoms. The lowest BCUT2D eigenvalue weighted by atomic mass is 9.83. The number of hydrogen-bond acceptors (Lipinski definition) is 1. The van der Waals surface area contributed by atoms with Gasteiger partial charge in [-0.25, -0.2) is 0 Å². The Hall–Kier alpha value is -1.08. The third-order valence-electron chi connectivity index (χ3n) is 3.74. The van der Waals surface area contributed by atoms with E-state index in [9.17, 15) is 0 Å². The fraction of sp³-hybridized carbons (Fsp3) is 0.556. The fourth-order valence-corrected chi connectivity index (χ4v) is 2.47. The fourth-order valence-electron chi connectivity index (χ4n) is 2.47. The van der Waals surface area contributed by atoms with Crippen LogP contribution in [0.1, 0.15) is 49.9 Å². The largest absolute Gasteiger partial charge is 0.310 e. The number of hydrogen-bond donors (Lipinski definition) is 1. The van der Waals surface area contributed by atoms with Crippen LogP contribution in [0.5, 0.6) is 0 Å². The Labute approximate surface area is 119 Å². The minimum Gasteiger partial charge on any atom is -0.310 e. The molecule has 1 nitrogen and oxygen atoms in total. The summed E-state index contributed by atoms with van der Waals surface area (Å²) in [4.78, 5) is 0. The summed E-state index contributed by atoms with van der Waals surface area (Å²) < 4.78 is 0. The smallest absolute Gasteiger partial charge is 0.0287 e. The van der Waals surface area contributed by atoms with Gasteiger partial charge in [-0.1, -0.05) is 45.9 Å². The minimum absolute atomic E-state index is 0.216. The molecule has 1 N–H and O–H groups in total. The first-order valence-corrected chi connectivity index (χ1v) is 7.26. The van der Waals surface area contributed by atoms with Crippen molar-refractivity contribution in [1.82, 2.24) is 5.32 Å². The third kappa shape index (κ3) is 4.21. The van der Waals surface area contributed by atoms with Crippen molar-refractivity contribution < 1.29 is 0 Å². The number of benzene rings is 1. The quantitative estimate of drug-likeness (QED) is 0.777. The molecular formula is C18H29N. The maximum atomic E-state index is 3.93. The molecule has 0 saturated carbocycles. The molecule has 0 aliphatic rings. The predicted molar refractivity (Wildman–Crippen MR) is 86.0 cm³/mol. The van der Waals surface area contributed by atoms with Crippen molar-refractivity contribution in [2.75, 3.05) is 6.54 Å². The van der Waals surface area contributed by atoms with E-state index in [2.05, 4.69) is 65.6 Å². The summed E-state index contributed by atoms with van der Waals surface area (Å²) in [7, 11) is 0. The first-order chi connectivity index (χ1) is 8.79. The molecule has 0 amide bonds. The lowest BCUT2D eigenvalue weighted by molar-refractivity contribution is 0.586. The van der Waals surface area contributed by atoms with E-state index in [-0.39, 0.29) is 5.41 Å². The zero-order valence-electron chi connectivity index (χ0n) is 13.4. The molecule has 0 aromatic heterocycles. The van der Waals surface area contributed by atoms with E-state index >= 15 is 0 Å². The zero-order valence-corrected chi connectivity index (χ0v) is 13.4. The molecule has 19 heavy (non-hydrogen) atoms. The SMILES string of the molecule is C=CC(Cc1c(C)cc(C(C)(C)C)cc1C)NCC. The van der Waals surface area contributed by atoms with E-state index in [1.165, 1.54) is 22.3 Å². The van der Waals surface area contributed by atoms with E-state index in [1.807, 2.05) is 6.08 Å². The van der Waals surface area contributed by atoms with E-state index in [1.54, 1.807) is 0 Å². The van der Waals surface area contributed by atoms with E-state index in [0.717, 1.165) is 13.0 Å². The summed E-state index contributed by atoms with van der Waals surface area (Å²) >= 11 is 0. The Morgan fingerprint density at radius 1 is 1.21 bits per heavy atom. The van der Waals surface area contributed by atoms with E-state index in [0.29, 0.717) is 6.04 Å². The number of likely N-dealkylation sites (N-methyl/N-ethyl adjacent to an activating group) is 1. The Bertz CT molecular complexity index is 414. The molecule has 0 aliphatic heterocycles. The van der Waals surface area contributed by atoms with Gasteiger partial charge in [-0.2, -0.15) is 0 Å². The van der Waals surface area contributed by atoms with Crippen molar-refractivity contribution in [2.24, 2.45) is 0 Å². The van der Waals surface area contributed by atoms with Crippen LogP contribution in [0.25, 0.3) is 0 Å². The number of aryl methyl sites for hydroxylation is 2. The summed E-state index contributed by atoms with van der Waals surface area (Å²) in [6, 6.07) is 5.05. The molecule has 0 fully saturated rings. The van der Waals surface area contributed by atoms with Crippen LogP contribution in [0.3, 0.4) is 0 Å². The van der Waals surface area contributed by atoms with Crippen molar-refractivity contribution in [3.05, 3.63) is 47.0 Å². The average molecular weight is 259 g/mol. The molecule has 1 aromatic carbocycles. The van der Waals surface area contributed by atoms with Crippen LogP contribution in [0.4, 0.5) is 0 Å². The van der Waals surface area contributed by atoms with Gasteiger partial charge in [-0.3, -0.25) is 0 Å². The van der Waals surface area contributed by atoms with Crippen molar-refractivity contribution in [1.29, 1.82) is 0 Å². The van der Waals surface area contributed by atoms with Crippen molar-refractivity contribution in [3.8, 4) is 0 Å². The first-order valence-electron chi connectivity index (χ1n) is 7.26. The highest BCUT2D eigenvalue weighted by Gasteiger charge is 2.17. The molecule has 0 radical (unpaired) electrons. The molecule has 0 aliphatic carbocycles. The van der Waals surface area contributed by atoms with Crippen LogP contribution >= 0.6 is 0 Å². The topological polar surface area (TPSA) is 12.0 Å². The van der Waals surface area contributed by atoms with Crippen LogP contribution in [0, 0.1) is 13.8 Å². The lowest BCUT2D eigenvalue weighted by Gasteiger charge is -2.23. The Morgan fingerprint density at radius 3 is 2.11 bits per heavy atom. The van der Waals surface area contributed by atoms with Gasteiger partial charge < -0.3 is 5.32 Å². The second kappa shape index (κ2) is 6.38. The zero-order chi connectivity index (χ0) is 14.6. The van der Waals surface area contributed by atoms with Gasteiger partial charge in [0.15, 0.2) is 0 Å². The average Bonchev–Trinajstić information content (AvgIpc) is 2.30. The summed E-state index contributed by atoms with van der Waals surface area (Å²) in [5.41, 5.74) is 5.89. The van der Waals surface area contributed by atoms with E-state index < -0.39 is 0 Å². The Morgan fingerprint density at radius 2 is 1.74 bits per heavy atom. The molecule has 1 atom stereocenters. The van der Waals surface area contributed by atoms with Crippen LogP contribution in [-0.4, -0.2) is 12.6 Å². The van der Waals surface area contributed by atoms with Crippen LogP contribution < -0.4 is 5.32 Å². The van der Waals surface area contributed by atoms with E-state index in [4.69, 9.17) is 0 Å². The second-order valence-electron chi connectivity index (χ2n) is 6.44. The molecule has 0 saturated heterocycles. The molecule has 106 valence electrons. The second-order valence-corrected chi connectivity index (χ2v) is 6.44. The first kappa shape index (κ1) is 16.0. The lowest BCUT2D eigenvalue weighted by Crippen LogP contribution is -2.29. The molecular weight excluding hydrogens is 230 g/mol. The summed E-state index contributed by atoms with van der Waals surface area (Å²) in [5.74, 6) is 0. The maximum Gasteiger partial charge on any atom is 0.0287 e. The third-order valence-corrected chi connectivity index (χ3v) is 3.74. The highest BCUT2D eigenvalue weighted by molar-refractivity contribution is 5.41. The maximum absolute atomic E-state index is 3.93. The minimum atomic E-state index is 0.216. The Kier molecular flexibility index (Phi) is 5.37. The molecule has 1 rings (SSSR count). The normalized spacial score (nSPS) is 13.4. The predicted octanol–water partition coefficient (Wildman–Crippen LogP) is 4.31. The molecule has 0 bridgehead atoms. The van der Waals surface area contributed by atoms with Gasteiger partial charge in [0.1, 0.15) is 0 Å². The van der Waals surface area contributed by atoms with Crippen molar-refractivity contribution in [3.63, 3.8) is 0 Å². The summed E-state index contributed by atoms with van der Waals surface area (Å²) in [6.07, 6.45) is 3.04. The van der Waals surface area contributed by atoms with Crippen LogP contribution in [0.15, 0.2) is 24.8 Å². The van der Waals surface area contributed by atoms with Gasteiger partial charge >= 0.3 is 0 Å². The summed E-state index contributed by atoms with van der Waals surface area (Å²) in [6.45, 7) is 18.3. The van der Waals surface area contributed by atoms with Gasteiger partial charge in [0, 0.05) is 6.04 Å².